The van der Waals surface area contributed by atoms with Gasteiger partial charge in [-0.3, -0.25) is 4.79 Å². The summed E-state index contributed by atoms with van der Waals surface area (Å²) in [4.78, 5) is 16.7. The number of nitrogens with zero attached hydrogens (tertiary/aromatic N) is 1. The molecular formula is C15H18FN3OS. The van der Waals surface area contributed by atoms with Gasteiger partial charge in [-0.05, 0) is 39.0 Å². The van der Waals surface area contributed by atoms with Crippen molar-refractivity contribution in [1.82, 2.24) is 10.3 Å². The summed E-state index contributed by atoms with van der Waals surface area (Å²) >= 11 is 1.63. The summed E-state index contributed by atoms with van der Waals surface area (Å²) in [7, 11) is 0. The molecule has 1 amide bonds. The van der Waals surface area contributed by atoms with Crippen molar-refractivity contribution in [1.29, 1.82) is 0 Å². The number of primary amides is 1. The van der Waals surface area contributed by atoms with Gasteiger partial charge in [-0.15, -0.1) is 11.3 Å². The van der Waals surface area contributed by atoms with Crippen molar-refractivity contribution in [2.75, 3.05) is 0 Å². The van der Waals surface area contributed by atoms with Crippen LogP contribution in [0.3, 0.4) is 0 Å². The largest absolute Gasteiger partial charge is 0.366 e. The van der Waals surface area contributed by atoms with Gasteiger partial charge in [0.15, 0.2) is 0 Å². The van der Waals surface area contributed by atoms with Crippen molar-refractivity contribution in [2.24, 2.45) is 5.73 Å². The summed E-state index contributed by atoms with van der Waals surface area (Å²) in [5, 5.41) is 4.27. The van der Waals surface area contributed by atoms with Gasteiger partial charge < -0.3 is 11.1 Å². The minimum absolute atomic E-state index is 0.0628. The molecule has 0 aliphatic heterocycles. The molecule has 0 bridgehead atoms. The van der Waals surface area contributed by atoms with Gasteiger partial charge in [0, 0.05) is 28.6 Å². The highest BCUT2D eigenvalue weighted by Crippen LogP contribution is 2.24. The van der Waals surface area contributed by atoms with E-state index in [1.807, 2.05) is 20.8 Å². The molecule has 4 nitrogen and oxygen atoms in total. The van der Waals surface area contributed by atoms with Crippen LogP contribution in [0.2, 0.25) is 0 Å². The number of hydrogen-bond acceptors (Lipinski definition) is 4. The Morgan fingerprint density at radius 3 is 2.76 bits per heavy atom. The third-order valence-electron chi connectivity index (χ3n) is 3.26. The Balaban J connectivity index is 2.11. The van der Waals surface area contributed by atoms with Gasteiger partial charge in [0.2, 0.25) is 5.91 Å². The van der Waals surface area contributed by atoms with Crippen molar-refractivity contribution in [3.8, 4) is 0 Å². The Labute approximate surface area is 127 Å². The van der Waals surface area contributed by atoms with E-state index in [0.717, 1.165) is 15.6 Å². The quantitative estimate of drug-likeness (QED) is 0.892. The van der Waals surface area contributed by atoms with Crippen molar-refractivity contribution in [3.05, 3.63) is 50.7 Å². The third-order valence-corrected chi connectivity index (χ3v) is 4.52. The summed E-state index contributed by atoms with van der Waals surface area (Å²) in [6.07, 6.45) is 0. The lowest BCUT2D eigenvalue weighted by atomic mass is 10.1. The van der Waals surface area contributed by atoms with Crippen LogP contribution in [-0.2, 0) is 6.54 Å². The Morgan fingerprint density at radius 1 is 1.48 bits per heavy atom. The number of aromatic nitrogens is 1. The molecule has 1 unspecified atom stereocenters. The van der Waals surface area contributed by atoms with Crippen LogP contribution >= 0.6 is 11.3 Å². The van der Waals surface area contributed by atoms with Crippen molar-refractivity contribution in [2.45, 2.75) is 33.4 Å². The molecule has 0 fully saturated rings. The summed E-state index contributed by atoms with van der Waals surface area (Å²) in [5.74, 6) is -0.907. The smallest absolute Gasteiger partial charge is 0.248 e. The van der Waals surface area contributed by atoms with E-state index in [2.05, 4.69) is 10.3 Å². The normalized spacial score (nSPS) is 12.4. The topological polar surface area (TPSA) is 68.0 Å². The highest BCUT2D eigenvalue weighted by Gasteiger charge is 2.14. The number of hydrogen-bond donors (Lipinski definition) is 2. The Morgan fingerprint density at radius 2 is 2.19 bits per heavy atom. The van der Waals surface area contributed by atoms with E-state index in [1.54, 1.807) is 11.3 Å². The maximum absolute atomic E-state index is 13.8. The Hall–Kier alpha value is -1.79. The SMILES string of the molecule is Cc1nc(C)c(C(C)NCc2cc(C(N)=O)ccc2F)s1. The van der Waals surface area contributed by atoms with Crippen LogP contribution in [0.25, 0.3) is 0 Å². The molecule has 21 heavy (non-hydrogen) atoms. The highest BCUT2D eigenvalue weighted by molar-refractivity contribution is 7.11. The zero-order valence-electron chi connectivity index (χ0n) is 12.2. The molecule has 0 saturated heterocycles. The van der Waals surface area contributed by atoms with Crippen LogP contribution in [0, 0.1) is 19.7 Å². The van der Waals surface area contributed by atoms with Crippen molar-refractivity contribution >= 4 is 17.2 Å². The Kier molecular flexibility index (Phi) is 4.69. The molecule has 3 N–H and O–H groups in total. The van der Waals surface area contributed by atoms with Crippen LogP contribution < -0.4 is 11.1 Å². The fraction of sp³-hybridized carbons (Fsp3) is 0.333. The lowest BCUT2D eigenvalue weighted by molar-refractivity contribution is 0.1000. The third kappa shape index (κ3) is 3.65. The maximum atomic E-state index is 13.8. The number of carbonyl (C=O) groups is 1. The molecule has 0 spiro atoms. The van der Waals surface area contributed by atoms with Gasteiger partial charge in [0.05, 0.1) is 10.7 Å². The molecule has 1 atom stereocenters. The van der Waals surface area contributed by atoms with Gasteiger partial charge in [-0.2, -0.15) is 0 Å². The number of halogens is 1. The lowest BCUT2D eigenvalue weighted by Gasteiger charge is -2.13. The maximum Gasteiger partial charge on any atom is 0.248 e. The fourth-order valence-electron chi connectivity index (χ4n) is 2.17. The first kappa shape index (κ1) is 15.6. The van der Waals surface area contributed by atoms with E-state index < -0.39 is 5.91 Å². The van der Waals surface area contributed by atoms with Gasteiger partial charge in [-0.25, -0.2) is 9.37 Å². The van der Waals surface area contributed by atoms with E-state index in [1.165, 1.54) is 18.2 Å². The van der Waals surface area contributed by atoms with E-state index in [-0.39, 0.29) is 11.9 Å². The van der Waals surface area contributed by atoms with Gasteiger partial charge in [0.25, 0.3) is 0 Å². The molecule has 6 heteroatoms. The summed E-state index contributed by atoms with van der Waals surface area (Å²) in [6, 6.07) is 4.21. The Bertz CT molecular complexity index is 669. The van der Waals surface area contributed by atoms with Crippen LogP contribution in [0.1, 0.15) is 44.5 Å². The summed E-state index contributed by atoms with van der Waals surface area (Å²) in [6.45, 7) is 6.26. The second kappa shape index (κ2) is 6.32. The number of nitrogens with two attached hydrogens (primary N) is 1. The fourth-order valence-corrected chi connectivity index (χ4v) is 3.12. The van der Waals surface area contributed by atoms with Crippen LogP contribution in [0.4, 0.5) is 4.39 Å². The molecule has 0 aliphatic rings. The van der Waals surface area contributed by atoms with E-state index in [9.17, 15) is 9.18 Å². The average molecular weight is 307 g/mol. The number of thiazole rings is 1. The second-order valence-corrected chi connectivity index (χ2v) is 6.19. The molecule has 0 saturated carbocycles. The van der Waals surface area contributed by atoms with E-state index in [0.29, 0.717) is 17.7 Å². The molecule has 2 aromatic rings. The van der Waals surface area contributed by atoms with Gasteiger partial charge in [-0.1, -0.05) is 0 Å². The van der Waals surface area contributed by atoms with E-state index in [4.69, 9.17) is 5.73 Å². The molecular weight excluding hydrogens is 289 g/mol. The predicted octanol–water partition coefficient (Wildman–Crippen LogP) is 2.85. The molecule has 1 aromatic carbocycles. The zero-order chi connectivity index (χ0) is 15.6. The number of carbonyl (C=O) groups excluding carboxylic acids is 1. The van der Waals surface area contributed by atoms with Crippen LogP contribution in [0.15, 0.2) is 18.2 Å². The molecule has 112 valence electrons. The molecule has 0 aliphatic carbocycles. The minimum Gasteiger partial charge on any atom is -0.366 e. The monoisotopic (exact) mass is 307 g/mol. The molecule has 2 rings (SSSR count). The standard InChI is InChI=1S/C15H18FN3OS/c1-8(14-9(2)19-10(3)21-14)18-7-12-6-11(15(17)20)4-5-13(12)16/h4-6,8,18H,7H2,1-3H3,(H2,17,20). The first-order valence-corrected chi connectivity index (χ1v) is 7.45. The van der Waals surface area contributed by atoms with Crippen molar-refractivity contribution < 1.29 is 9.18 Å². The molecule has 1 aromatic heterocycles. The van der Waals surface area contributed by atoms with E-state index >= 15 is 0 Å². The van der Waals surface area contributed by atoms with Crippen LogP contribution in [0.5, 0.6) is 0 Å². The van der Waals surface area contributed by atoms with Crippen molar-refractivity contribution in [3.63, 3.8) is 0 Å². The van der Waals surface area contributed by atoms with Crippen LogP contribution in [-0.4, -0.2) is 10.9 Å². The van der Waals surface area contributed by atoms with Gasteiger partial charge >= 0.3 is 0 Å². The zero-order valence-corrected chi connectivity index (χ0v) is 13.1. The summed E-state index contributed by atoms with van der Waals surface area (Å²) < 4.78 is 13.8. The second-order valence-electron chi connectivity index (χ2n) is 4.96. The predicted molar refractivity (Wildman–Crippen MR) is 81.8 cm³/mol. The number of rotatable bonds is 5. The first-order chi connectivity index (χ1) is 9.88. The number of nitrogens with one attached hydrogen (secondary N) is 1. The number of benzene rings is 1. The van der Waals surface area contributed by atoms with Gasteiger partial charge in [0.1, 0.15) is 5.82 Å². The molecule has 0 radical (unpaired) electrons. The minimum atomic E-state index is -0.557. The lowest BCUT2D eigenvalue weighted by Crippen LogP contribution is -2.19. The summed E-state index contributed by atoms with van der Waals surface area (Å²) in [5.41, 5.74) is 6.94. The molecule has 1 heterocycles. The average Bonchev–Trinajstić information content (AvgIpc) is 2.76. The number of aryl methyl sites for hydroxylation is 2. The number of amides is 1. The highest BCUT2D eigenvalue weighted by atomic mass is 32.1. The first-order valence-electron chi connectivity index (χ1n) is 6.64.